The summed E-state index contributed by atoms with van der Waals surface area (Å²) in [5.74, 6) is 0.0310. The molecule has 5 heteroatoms. The van der Waals surface area contributed by atoms with E-state index in [1.165, 1.54) is 0 Å². The number of ether oxygens (including phenoxy) is 2. The van der Waals surface area contributed by atoms with E-state index in [1.54, 1.807) is 7.11 Å². The molecule has 1 saturated heterocycles. The molecule has 5 nitrogen and oxygen atoms in total. The van der Waals surface area contributed by atoms with E-state index in [1.807, 2.05) is 6.92 Å². The van der Waals surface area contributed by atoms with Crippen molar-refractivity contribution >= 4 is 5.91 Å². The minimum atomic E-state index is 0.0310. The van der Waals surface area contributed by atoms with Crippen molar-refractivity contribution in [3.8, 4) is 0 Å². The Bertz CT molecular complexity index is 218. The molecule has 0 aliphatic carbocycles. The van der Waals surface area contributed by atoms with Gasteiger partial charge in [0.05, 0.1) is 19.3 Å². The maximum absolute atomic E-state index is 11.5. The lowest BCUT2D eigenvalue weighted by molar-refractivity contribution is -0.123. The zero-order valence-corrected chi connectivity index (χ0v) is 10.8. The Labute approximate surface area is 103 Å². The van der Waals surface area contributed by atoms with Crippen LogP contribution in [0.15, 0.2) is 0 Å². The highest BCUT2D eigenvalue weighted by atomic mass is 16.5. The van der Waals surface area contributed by atoms with Gasteiger partial charge < -0.3 is 20.1 Å². The third-order valence-corrected chi connectivity index (χ3v) is 2.79. The van der Waals surface area contributed by atoms with E-state index in [0.717, 1.165) is 25.9 Å². The minimum Gasteiger partial charge on any atom is -0.383 e. The maximum Gasteiger partial charge on any atom is 0.222 e. The van der Waals surface area contributed by atoms with Gasteiger partial charge in [-0.05, 0) is 32.9 Å². The summed E-state index contributed by atoms with van der Waals surface area (Å²) in [4.78, 5) is 11.5. The van der Waals surface area contributed by atoms with Gasteiger partial charge in [0, 0.05) is 19.6 Å². The van der Waals surface area contributed by atoms with Crippen LogP contribution in [0.5, 0.6) is 0 Å². The topological polar surface area (TPSA) is 59.6 Å². The Balaban J connectivity index is 2.03. The van der Waals surface area contributed by atoms with E-state index >= 15 is 0 Å². The molecule has 17 heavy (non-hydrogen) atoms. The summed E-state index contributed by atoms with van der Waals surface area (Å²) < 4.78 is 10.6. The first-order valence-electron chi connectivity index (χ1n) is 6.33. The molecule has 1 unspecified atom stereocenters. The number of amides is 1. The van der Waals surface area contributed by atoms with Crippen molar-refractivity contribution in [1.82, 2.24) is 10.6 Å². The predicted octanol–water partition coefficient (Wildman–Crippen LogP) is 0.296. The molecule has 2 N–H and O–H groups in total. The van der Waals surface area contributed by atoms with E-state index in [2.05, 4.69) is 10.6 Å². The fourth-order valence-corrected chi connectivity index (χ4v) is 1.92. The summed E-state index contributed by atoms with van der Waals surface area (Å²) in [6, 6.07) is 0.0615. The molecule has 1 rings (SSSR count). The molecular formula is C12H24N2O3. The molecule has 0 aromatic rings. The van der Waals surface area contributed by atoms with Crippen LogP contribution in [0, 0.1) is 0 Å². The highest BCUT2D eigenvalue weighted by molar-refractivity contribution is 5.76. The summed E-state index contributed by atoms with van der Waals surface area (Å²) in [6.45, 7) is 5.01. The molecule has 0 aromatic carbocycles. The second kappa shape index (κ2) is 8.44. The molecule has 1 atom stereocenters. The summed E-state index contributed by atoms with van der Waals surface area (Å²) in [6.07, 6.45) is 2.84. The molecule has 1 amide bonds. The number of hydrogen-bond acceptors (Lipinski definition) is 4. The van der Waals surface area contributed by atoms with Crippen molar-refractivity contribution in [2.45, 2.75) is 38.3 Å². The first-order valence-corrected chi connectivity index (χ1v) is 6.33. The number of carbonyl (C=O) groups excluding carboxylic acids is 1. The fourth-order valence-electron chi connectivity index (χ4n) is 1.92. The molecule has 1 heterocycles. The van der Waals surface area contributed by atoms with Gasteiger partial charge in [-0.3, -0.25) is 4.79 Å². The largest absolute Gasteiger partial charge is 0.383 e. The molecule has 0 radical (unpaired) electrons. The first-order chi connectivity index (χ1) is 8.22. The van der Waals surface area contributed by atoms with Crippen molar-refractivity contribution in [3.05, 3.63) is 0 Å². The third-order valence-electron chi connectivity index (χ3n) is 2.79. The Kier molecular flexibility index (Phi) is 7.16. The Morgan fingerprint density at radius 3 is 2.82 bits per heavy atom. The van der Waals surface area contributed by atoms with Crippen LogP contribution in [0.25, 0.3) is 0 Å². The summed E-state index contributed by atoms with van der Waals surface area (Å²) in [5, 5.41) is 6.14. The number of hydrogen-bond donors (Lipinski definition) is 2. The molecule has 0 spiro atoms. The van der Waals surface area contributed by atoms with E-state index in [-0.39, 0.29) is 11.9 Å². The molecule has 0 bridgehead atoms. The average molecular weight is 244 g/mol. The maximum atomic E-state index is 11.5. The Morgan fingerprint density at radius 2 is 2.18 bits per heavy atom. The molecule has 1 aliphatic rings. The van der Waals surface area contributed by atoms with E-state index in [0.29, 0.717) is 25.7 Å². The van der Waals surface area contributed by atoms with Crippen LogP contribution in [-0.2, 0) is 14.3 Å². The highest BCUT2D eigenvalue weighted by Gasteiger charge is 2.14. The van der Waals surface area contributed by atoms with Crippen LogP contribution >= 0.6 is 0 Å². The van der Waals surface area contributed by atoms with E-state index < -0.39 is 0 Å². The smallest absolute Gasteiger partial charge is 0.222 e. The van der Waals surface area contributed by atoms with Crippen LogP contribution in [0.3, 0.4) is 0 Å². The van der Waals surface area contributed by atoms with Crippen molar-refractivity contribution in [1.29, 1.82) is 0 Å². The monoisotopic (exact) mass is 244 g/mol. The lowest BCUT2D eigenvalue weighted by atomic mass is 10.1. The van der Waals surface area contributed by atoms with Gasteiger partial charge in [-0.2, -0.15) is 0 Å². The lowest BCUT2D eigenvalue weighted by Gasteiger charge is -2.23. The molecular weight excluding hydrogens is 220 g/mol. The van der Waals surface area contributed by atoms with Crippen LogP contribution in [-0.4, -0.2) is 51.5 Å². The normalized spacial score (nSPS) is 18.9. The number of nitrogens with one attached hydrogen (secondary N) is 2. The van der Waals surface area contributed by atoms with Gasteiger partial charge in [-0.1, -0.05) is 0 Å². The van der Waals surface area contributed by atoms with Gasteiger partial charge in [-0.15, -0.1) is 0 Å². The molecule has 0 saturated carbocycles. The average Bonchev–Trinajstić information content (AvgIpc) is 2.30. The molecule has 0 aromatic heterocycles. The van der Waals surface area contributed by atoms with Crippen molar-refractivity contribution in [2.24, 2.45) is 0 Å². The minimum absolute atomic E-state index is 0.0310. The SMILES string of the molecule is COCC(C)NC(=O)CCOC1CCNCC1. The number of piperidine rings is 1. The second-order valence-electron chi connectivity index (χ2n) is 4.49. The van der Waals surface area contributed by atoms with Crippen molar-refractivity contribution in [2.75, 3.05) is 33.4 Å². The van der Waals surface area contributed by atoms with E-state index in [9.17, 15) is 4.79 Å². The number of carbonyl (C=O) groups is 1. The zero-order valence-electron chi connectivity index (χ0n) is 10.8. The van der Waals surface area contributed by atoms with Gasteiger partial charge in [-0.25, -0.2) is 0 Å². The second-order valence-corrected chi connectivity index (χ2v) is 4.49. The number of methoxy groups -OCH3 is 1. The van der Waals surface area contributed by atoms with Gasteiger partial charge in [0.15, 0.2) is 0 Å². The van der Waals surface area contributed by atoms with Gasteiger partial charge in [0.25, 0.3) is 0 Å². The first kappa shape index (κ1) is 14.4. The van der Waals surface area contributed by atoms with Gasteiger partial charge in [0.1, 0.15) is 0 Å². The predicted molar refractivity (Wildman–Crippen MR) is 65.9 cm³/mol. The highest BCUT2D eigenvalue weighted by Crippen LogP contribution is 2.07. The summed E-state index contributed by atoms with van der Waals surface area (Å²) in [7, 11) is 1.63. The Hall–Kier alpha value is -0.650. The van der Waals surface area contributed by atoms with Crippen molar-refractivity contribution in [3.63, 3.8) is 0 Å². The van der Waals surface area contributed by atoms with Gasteiger partial charge in [0.2, 0.25) is 5.91 Å². The van der Waals surface area contributed by atoms with Crippen LogP contribution < -0.4 is 10.6 Å². The van der Waals surface area contributed by atoms with Gasteiger partial charge >= 0.3 is 0 Å². The quantitative estimate of drug-likeness (QED) is 0.676. The lowest BCUT2D eigenvalue weighted by Crippen LogP contribution is -2.37. The van der Waals surface area contributed by atoms with Crippen LogP contribution in [0.2, 0.25) is 0 Å². The standard InChI is InChI=1S/C12H24N2O3/c1-10(9-16-2)14-12(15)5-8-17-11-3-6-13-7-4-11/h10-11,13H,3-9H2,1-2H3,(H,14,15). The molecule has 1 aliphatic heterocycles. The fraction of sp³-hybridized carbons (Fsp3) is 0.917. The molecule has 100 valence electrons. The number of rotatable bonds is 7. The van der Waals surface area contributed by atoms with Crippen LogP contribution in [0.1, 0.15) is 26.2 Å². The van der Waals surface area contributed by atoms with Crippen LogP contribution in [0.4, 0.5) is 0 Å². The Morgan fingerprint density at radius 1 is 1.47 bits per heavy atom. The zero-order chi connectivity index (χ0) is 12.5. The third kappa shape index (κ3) is 6.61. The molecule has 1 fully saturated rings. The summed E-state index contributed by atoms with van der Waals surface area (Å²) >= 11 is 0. The summed E-state index contributed by atoms with van der Waals surface area (Å²) in [5.41, 5.74) is 0. The van der Waals surface area contributed by atoms with E-state index in [4.69, 9.17) is 9.47 Å². The van der Waals surface area contributed by atoms with Crippen molar-refractivity contribution < 1.29 is 14.3 Å².